The maximum atomic E-state index is 5.76. The fourth-order valence-corrected chi connectivity index (χ4v) is 1.35. The predicted octanol–water partition coefficient (Wildman–Crippen LogP) is 1.72. The Morgan fingerprint density at radius 1 is 1.56 bits per heavy atom. The van der Waals surface area contributed by atoms with Crippen molar-refractivity contribution >= 4 is 34.7 Å². The van der Waals surface area contributed by atoms with E-state index in [4.69, 9.17) is 29.7 Å². The van der Waals surface area contributed by atoms with Gasteiger partial charge in [0.05, 0.1) is 0 Å². The van der Waals surface area contributed by atoms with Crippen LogP contribution in [-0.2, 0) is 0 Å². The number of anilines is 1. The highest BCUT2D eigenvalue weighted by Gasteiger charge is 2.10. The second-order valence-electron chi connectivity index (χ2n) is 3.63. The van der Waals surface area contributed by atoms with Crippen LogP contribution in [0.1, 0.15) is 19.4 Å². The summed E-state index contributed by atoms with van der Waals surface area (Å²) < 4.78 is 0. The van der Waals surface area contributed by atoms with Gasteiger partial charge in [-0.1, -0.05) is 11.6 Å². The minimum atomic E-state index is 0.112. The molecule has 1 heterocycles. The lowest BCUT2D eigenvalue weighted by Gasteiger charge is -2.23. The fourth-order valence-electron chi connectivity index (χ4n) is 0.940. The molecule has 16 heavy (non-hydrogen) atoms. The first-order valence-corrected chi connectivity index (χ1v) is 5.55. The number of aryl methyl sites for hydroxylation is 1. The summed E-state index contributed by atoms with van der Waals surface area (Å²) in [6.07, 6.45) is 0. The molecule has 0 aliphatic heterocycles. The lowest BCUT2D eigenvalue weighted by molar-refractivity contribution is 0.369. The molecule has 0 bridgehead atoms. The fraction of sp³-hybridized carbons (Fsp3) is 0.444. The molecule has 5 nitrogen and oxygen atoms in total. The van der Waals surface area contributed by atoms with Crippen LogP contribution in [0.4, 0.5) is 5.82 Å². The van der Waals surface area contributed by atoms with Gasteiger partial charge in [0.2, 0.25) is 0 Å². The molecule has 0 radical (unpaired) electrons. The summed E-state index contributed by atoms with van der Waals surface area (Å²) in [5.74, 6) is 6.26. The third-order valence-corrected chi connectivity index (χ3v) is 2.64. The summed E-state index contributed by atoms with van der Waals surface area (Å²) in [5, 5.41) is 12.7. The van der Waals surface area contributed by atoms with E-state index < -0.39 is 0 Å². The van der Waals surface area contributed by atoms with Crippen LogP contribution < -0.4 is 11.2 Å². The van der Waals surface area contributed by atoms with E-state index in [1.54, 1.807) is 6.07 Å². The van der Waals surface area contributed by atoms with Crippen LogP contribution in [-0.4, -0.2) is 26.4 Å². The number of aromatic nitrogens is 2. The summed E-state index contributed by atoms with van der Waals surface area (Å²) in [7, 11) is 0. The standard InChI is InChI=1S/C9H14ClN5S/c1-5(2)15(11)9(16)12-7-4-6(3)8(10)14-13-7/h4-5H,11H2,1-3H3,(H,12,13,16). The first-order chi connectivity index (χ1) is 7.41. The van der Waals surface area contributed by atoms with Crippen molar-refractivity contribution in [2.45, 2.75) is 26.8 Å². The third-order valence-electron chi connectivity index (χ3n) is 1.95. The van der Waals surface area contributed by atoms with E-state index in [2.05, 4.69) is 15.5 Å². The Hall–Kier alpha value is -0.980. The van der Waals surface area contributed by atoms with Gasteiger partial charge in [-0.05, 0) is 44.6 Å². The molecule has 1 rings (SSSR count). The minimum Gasteiger partial charge on any atom is -0.315 e. The summed E-state index contributed by atoms with van der Waals surface area (Å²) in [5.41, 5.74) is 0.829. The van der Waals surface area contributed by atoms with Crippen molar-refractivity contribution in [1.29, 1.82) is 0 Å². The summed E-state index contributed by atoms with van der Waals surface area (Å²) in [4.78, 5) is 0. The lowest BCUT2D eigenvalue weighted by atomic mass is 10.3. The Morgan fingerprint density at radius 3 is 2.69 bits per heavy atom. The topological polar surface area (TPSA) is 67.1 Å². The van der Waals surface area contributed by atoms with Crippen LogP contribution in [0.2, 0.25) is 5.15 Å². The number of nitrogens with zero attached hydrogens (tertiary/aromatic N) is 3. The largest absolute Gasteiger partial charge is 0.315 e. The van der Waals surface area contributed by atoms with Gasteiger partial charge in [0, 0.05) is 6.04 Å². The van der Waals surface area contributed by atoms with Crippen LogP contribution in [0, 0.1) is 6.92 Å². The van der Waals surface area contributed by atoms with Gasteiger partial charge in [-0.15, -0.1) is 10.2 Å². The zero-order chi connectivity index (χ0) is 12.3. The Kier molecular flexibility index (Phi) is 4.40. The molecule has 0 aromatic carbocycles. The quantitative estimate of drug-likeness (QED) is 0.479. The second kappa shape index (κ2) is 5.38. The number of hydrogen-bond donors (Lipinski definition) is 2. The highest BCUT2D eigenvalue weighted by molar-refractivity contribution is 7.80. The molecule has 0 saturated heterocycles. The molecule has 0 unspecified atom stereocenters. The number of nitrogens with one attached hydrogen (secondary N) is 1. The van der Waals surface area contributed by atoms with Crippen LogP contribution in [0.5, 0.6) is 0 Å². The summed E-state index contributed by atoms with van der Waals surface area (Å²) in [6, 6.07) is 1.87. The number of hydrazine groups is 1. The Morgan fingerprint density at radius 2 is 2.19 bits per heavy atom. The minimum absolute atomic E-state index is 0.112. The first kappa shape index (κ1) is 13.1. The Balaban J connectivity index is 2.74. The van der Waals surface area contributed by atoms with Crippen molar-refractivity contribution < 1.29 is 0 Å². The highest BCUT2D eigenvalue weighted by Crippen LogP contribution is 2.13. The first-order valence-electron chi connectivity index (χ1n) is 4.76. The van der Waals surface area contributed by atoms with Gasteiger partial charge in [-0.3, -0.25) is 5.01 Å². The number of thiocarbonyl (C=S) groups is 1. The number of rotatable bonds is 2. The van der Waals surface area contributed by atoms with Gasteiger partial charge < -0.3 is 5.32 Å². The lowest BCUT2D eigenvalue weighted by Crippen LogP contribution is -2.45. The van der Waals surface area contributed by atoms with E-state index in [0.717, 1.165) is 5.56 Å². The zero-order valence-corrected chi connectivity index (χ0v) is 10.9. The van der Waals surface area contributed by atoms with Gasteiger partial charge >= 0.3 is 0 Å². The number of hydrogen-bond acceptors (Lipinski definition) is 4. The molecule has 0 saturated carbocycles. The Labute approximate surface area is 105 Å². The summed E-state index contributed by atoms with van der Waals surface area (Å²) >= 11 is 10.9. The summed E-state index contributed by atoms with van der Waals surface area (Å²) in [6.45, 7) is 5.72. The molecule has 0 aliphatic carbocycles. The molecule has 1 aromatic heterocycles. The maximum Gasteiger partial charge on any atom is 0.189 e. The van der Waals surface area contributed by atoms with Crippen molar-refractivity contribution in [2.75, 3.05) is 5.32 Å². The molecule has 3 N–H and O–H groups in total. The van der Waals surface area contributed by atoms with Crippen LogP contribution >= 0.6 is 23.8 Å². The van der Waals surface area contributed by atoms with Crippen molar-refractivity contribution in [3.63, 3.8) is 0 Å². The van der Waals surface area contributed by atoms with Crippen molar-refractivity contribution in [3.8, 4) is 0 Å². The molecule has 0 aliphatic rings. The molecule has 0 spiro atoms. The SMILES string of the molecule is Cc1cc(NC(=S)N(N)C(C)C)nnc1Cl. The van der Waals surface area contributed by atoms with E-state index in [1.165, 1.54) is 5.01 Å². The molecule has 0 fully saturated rings. The van der Waals surface area contributed by atoms with Crippen LogP contribution in [0.15, 0.2) is 6.07 Å². The monoisotopic (exact) mass is 259 g/mol. The van der Waals surface area contributed by atoms with E-state index >= 15 is 0 Å². The van der Waals surface area contributed by atoms with Crippen molar-refractivity contribution in [2.24, 2.45) is 5.84 Å². The maximum absolute atomic E-state index is 5.76. The Bertz CT molecular complexity index is 395. The number of nitrogens with two attached hydrogens (primary N) is 1. The van der Waals surface area contributed by atoms with E-state index in [1.807, 2.05) is 20.8 Å². The molecule has 88 valence electrons. The molecule has 0 atom stereocenters. The molecule has 7 heteroatoms. The van der Waals surface area contributed by atoms with E-state index in [-0.39, 0.29) is 6.04 Å². The van der Waals surface area contributed by atoms with Crippen LogP contribution in [0.25, 0.3) is 0 Å². The zero-order valence-electron chi connectivity index (χ0n) is 9.36. The second-order valence-corrected chi connectivity index (χ2v) is 4.38. The molecular weight excluding hydrogens is 246 g/mol. The van der Waals surface area contributed by atoms with Gasteiger partial charge in [0.15, 0.2) is 16.1 Å². The third kappa shape index (κ3) is 3.26. The van der Waals surface area contributed by atoms with Gasteiger partial charge in [-0.2, -0.15) is 0 Å². The average Bonchev–Trinajstić information content (AvgIpc) is 2.22. The van der Waals surface area contributed by atoms with Gasteiger partial charge in [0.1, 0.15) is 0 Å². The van der Waals surface area contributed by atoms with Crippen LogP contribution in [0.3, 0.4) is 0 Å². The molecular formula is C9H14ClN5S. The number of halogens is 1. The highest BCUT2D eigenvalue weighted by atomic mass is 35.5. The average molecular weight is 260 g/mol. The predicted molar refractivity (Wildman–Crippen MR) is 69.2 cm³/mol. The smallest absolute Gasteiger partial charge is 0.189 e. The van der Waals surface area contributed by atoms with E-state index in [0.29, 0.717) is 16.1 Å². The van der Waals surface area contributed by atoms with Crippen molar-refractivity contribution in [1.82, 2.24) is 15.2 Å². The normalized spacial score (nSPS) is 10.4. The van der Waals surface area contributed by atoms with Gasteiger partial charge in [0.25, 0.3) is 0 Å². The van der Waals surface area contributed by atoms with Crippen molar-refractivity contribution in [3.05, 3.63) is 16.8 Å². The molecule has 0 amide bonds. The van der Waals surface area contributed by atoms with Gasteiger partial charge in [-0.25, -0.2) is 5.84 Å². The molecule has 1 aromatic rings. The van der Waals surface area contributed by atoms with E-state index in [9.17, 15) is 0 Å².